The summed E-state index contributed by atoms with van der Waals surface area (Å²) in [5.74, 6) is -0.253. The lowest BCUT2D eigenvalue weighted by molar-refractivity contribution is 0.598. The highest BCUT2D eigenvalue weighted by molar-refractivity contribution is 7.90. The van der Waals surface area contributed by atoms with E-state index < -0.39 is 10.0 Å². The van der Waals surface area contributed by atoms with E-state index in [1.54, 1.807) is 24.3 Å². The van der Waals surface area contributed by atoms with Crippen LogP contribution in [0.25, 0.3) is 21.1 Å². The summed E-state index contributed by atoms with van der Waals surface area (Å²) in [4.78, 5) is 8.50. The number of para-hydroxylation sites is 2. The molecule has 2 aromatic heterocycles. The standard InChI is InChI=1S/C17H13N5O2S2/c18-16(21-17-20-12-7-1-2-8-13(12)25-17)22-26(23,24)14-9-3-5-11-6-4-10-19-15(11)14/h1-10H,(H3,18,20,21,22). The number of hydrogen-bond acceptors (Lipinski definition) is 5. The minimum absolute atomic E-state index is 0.00431. The Kier molecular flexibility index (Phi) is 4.02. The monoisotopic (exact) mass is 383 g/mol. The number of anilines is 1. The van der Waals surface area contributed by atoms with Crippen LogP contribution >= 0.6 is 11.3 Å². The van der Waals surface area contributed by atoms with Gasteiger partial charge in [-0.15, -0.1) is 4.40 Å². The number of nitrogens with two attached hydrogens (primary N) is 1. The van der Waals surface area contributed by atoms with E-state index in [0.29, 0.717) is 16.0 Å². The highest BCUT2D eigenvalue weighted by atomic mass is 32.2. The smallest absolute Gasteiger partial charge is 0.287 e. The zero-order valence-corrected chi connectivity index (χ0v) is 15.0. The average Bonchev–Trinajstić information content (AvgIpc) is 3.02. The summed E-state index contributed by atoms with van der Waals surface area (Å²) < 4.78 is 29.9. The van der Waals surface area contributed by atoms with Gasteiger partial charge in [0.25, 0.3) is 10.0 Å². The molecule has 0 radical (unpaired) electrons. The molecule has 4 aromatic rings. The first kappa shape index (κ1) is 16.4. The molecule has 0 spiro atoms. The molecule has 0 amide bonds. The molecular weight excluding hydrogens is 370 g/mol. The Morgan fingerprint density at radius 1 is 1.08 bits per heavy atom. The summed E-state index contributed by atoms with van der Waals surface area (Å²) in [5.41, 5.74) is 6.95. The van der Waals surface area contributed by atoms with Crippen molar-refractivity contribution in [1.82, 2.24) is 9.97 Å². The van der Waals surface area contributed by atoms with Gasteiger partial charge in [-0.25, -0.2) is 4.98 Å². The van der Waals surface area contributed by atoms with Gasteiger partial charge in [-0.3, -0.25) is 4.98 Å². The summed E-state index contributed by atoms with van der Waals surface area (Å²) in [6, 6.07) is 16.0. The molecule has 0 bridgehead atoms. The molecule has 0 fully saturated rings. The predicted octanol–water partition coefficient (Wildman–Crippen LogP) is 2.96. The van der Waals surface area contributed by atoms with E-state index in [2.05, 4.69) is 19.7 Å². The first-order valence-corrected chi connectivity index (χ1v) is 9.85. The van der Waals surface area contributed by atoms with Crippen LogP contribution in [-0.2, 0) is 10.0 Å². The molecular formula is C17H13N5O2S2. The molecule has 3 N–H and O–H groups in total. The molecule has 0 unspecified atom stereocenters. The molecule has 26 heavy (non-hydrogen) atoms. The van der Waals surface area contributed by atoms with Gasteiger partial charge in [0.15, 0.2) is 5.13 Å². The van der Waals surface area contributed by atoms with Crippen LogP contribution in [0.1, 0.15) is 0 Å². The number of hydrogen-bond donors (Lipinski definition) is 2. The molecule has 0 aliphatic heterocycles. The van der Waals surface area contributed by atoms with E-state index in [0.717, 1.165) is 10.2 Å². The van der Waals surface area contributed by atoms with Crippen LogP contribution in [-0.4, -0.2) is 24.3 Å². The zero-order valence-electron chi connectivity index (χ0n) is 13.3. The van der Waals surface area contributed by atoms with Gasteiger partial charge in [0.05, 0.1) is 15.7 Å². The van der Waals surface area contributed by atoms with Crippen molar-refractivity contribution in [1.29, 1.82) is 0 Å². The number of fused-ring (bicyclic) bond motifs is 2. The Bertz CT molecular complexity index is 1210. The Labute approximate surface area is 153 Å². The van der Waals surface area contributed by atoms with E-state index in [4.69, 9.17) is 5.73 Å². The van der Waals surface area contributed by atoms with Gasteiger partial charge in [0, 0.05) is 11.6 Å². The van der Waals surface area contributed by atoms with Crippen LogP contribution in [0.3, 0.4) is 0 Å². The number of rotatable bonds is 3. The van der Waals surface area contributed by atoms with Crippen molar-refractivity contribution < 1.29 is 8.42 Å². The first-order chi connectivity index (χ1) is 12.5. The molecule has 0 saturated heterocycles. The van der Waals surface area contributed by atoms with E-state index in [9.17, 15) is 8.42 Å². The quantitative estimate of drug-likeness (QED) is 0.416. The number of sulfonamides is 1. The van der Waals surface area contributed by atoms with Gasteiger partial charge < -0.3 is 11.1 Å². The van der Waals surface area contributed by atoms with Gasteiger partial charge in [-0.2, -0.15) is 8.42 Å². The topological polar surface area (TPSA) is 110 Å². The number of nitrogens with zero attached hydrogens (tertiary/aromatic N) is 3. The largest absolute Gasteiger partial charge is 0.369 e. The Morgan fingerprint density at radius 3 is 2.73 bits per heavy atom. The second kappa shape index (κ2) is 6.36. The highest BCUT2D eigenvalue weighted by Gasteiger charge is 2.18. The van der Waals surface area contributed by atoms with E-state index in [1.165, 1.54) is 23.6 Å². The van der Waals surface area contributed by atoms with Gasteiger partial charge in [0.1, 0.15) is 4.90 Å². The molecule has 9 heteroatoms. The number of thiazole rings is 1. The van der Waals surface area contributed by atoms with Crippen molar-refractivity contribution in [2.45, 2.75) is 4.90 Å². The van der Waals surface area contributed by atoms with E-state index in [1.807, 2.05) is 24.3 Å². The third-order valence-corrected chi connectivity index (χ3v) is 5.90. The second-order valence-corrected chi connectivity index (χ2v) is 8.00. The van der Waals surface area contributed by atoms with Crippen molar-refractivity contribution >= 4 is 53.6 Å². The normalized spacial score (nSPS) is 12.5. The molecule has 2 aromatic carbocycles. The van der Waals surface area contributed by atoms with Crippen LogP contribution in [0.4, 0.5) is 5.13 Å². The third kappa shape index (κ3) is 3.09. The Balaban J connectivity index is 1.69. The number of benzene rings is 2. The van der Waals surface area contributed by atoms with Crippen LogP contribution in [0.15, 0.2) is 70.1 Å². The number of guanidine groups is 1. The molecule has 0 atom stereocenters. The Hall–Kier alpha value is -3.04. The second-order valence-electron chi connectivity index (χ2n) is 5.39. The molecule has 0 aliphatic rings. The SMILES string of the molecule is N/C(=N\S(=O)(=O)c1cccc2cccnc12)Nc1nc2ccccc2s1. The zero-order chi connectivity index (χ0) is 18.1. The summed E-state index contributed by atoms with van der Waals surface area (Å²) in [6.07, 6.45) is 1.54. The lowest BCUT2D eigenvalue weighted by atomic mass is 10.2. The number of pyridine rings is 1. The first-order valence-electron chi connectivity index (χ1n) is 7.60. The van der Waals surface area contributed by atoms with Crippen LogP contribution in [0, 0.1) is 0 Å². The average molecular weight is 383 g/mol. The van der Waals surface area contributed by atoms with Crippen LogP contribution in [0.5, 0.6) is 0 Å². The number of aromatic nitrogens is 2. The fourth-order valence-corrected chi connectivity index (χ4v) is 4.46. The Morgan fingerprint density at radius 2 is 1.88 bits per heavy atom. The highest BCUT2D eigenvalue weighted by Crippen LogP contribution is 2.26. The van der Waals surface area contributed by atoms with Crippen LogP contribution < -0.4 is 11.1 Å². The van der Waals surface area contributed by atoms with Crippen molar-refractivity contribution in [3.05, 3.63) is 60.8 Å². The summed E-state index contributed by atoms with van der Waals surface area (Å²) in [6.45, 7) is 0. The van der Waals surface area contributed by atoms with Gasteiger partial charge in [-0.05, 0) is 24.3 Å². The summed E-state index contributed by atoms with van der Waals surface area (Å²) in [5, 5.41) is 3.92. The van der Waals surface area contributed by atoms with E-state index in [-0.39, 0.29) is 10.9 Å². The minimum atomic E-state index is -4.02. The summed E-state index contributed by atoms with van der Waals surface area (Å²) in [7, 11) is -4.02. The molecule has 4 rings (SSSR count). The van der Waals surface area contributed by atoms with Gasteiger partial charge >= 0.3 is 0 Å². The van der Waals surface area contributed by atoms with Gasteiger partial charge in [0.2, 0.25) is 5.96 Å². The molecule has 7 nitrogen and oxygen atoms in total. The molecule has 0 aliphatic carbocycles. The van der Waals surface area contributed by atoms with Crippen molar-refractivity contribution in [2.24, 2.45) is 10.1 Å². The van der Waals surface area contributed by atoms with Crippen LogP contribution in [0.2, 0.25) is 0 Å². The fraction of sp³-hybridized carbons (Fsp3) is 0. The lowest BCUT2D eigenvalue weighted by Gasteiger charge is -2.05. The fourth-order valence-electron chi connectivity index (χ4n) is 2.52. The van der Waals surface area contributed by atoms with E-state index >= 15 is 0 Å². The number of nitrogens with one attached hydrogen (secondary N) is 1. The van der Waals surface area contributed by atoms with Crippen molar-refractivity contribution in [2.75, 3.05) is 5.32 Å². The van der Waals surface area contributed by atoms with Crippen molar-refractivity contribution in [3.63, 3.8) is 0 Å². The maximum atomic E-state index is 12.7. The predicted molar refractivity (Wildman–Crippen MR) is 104 cm³/mol. The maximum absolute atomic E-state index is 12.7. The third-order valence-electron chi connectivity index (χ3n) is 3.62. The maximum Gasteiger partial charge on any atom is 0.287 e. The molecule has 0 saturated carbocycles. The van der Waals surface area contributed by atoms with Crippen molar-refractivity contribution in [3.8, 4) is 0 Å². The molecule has 2 heterocycles. The summed E-state index contributed by atoms with van der Waals surface area (Å²) >= 11 is 1.36. The molecule has 130 valence electrons. The lowest BCUT2D eigenvalue weighted by Crippen LogP contribution is -2.24. The minimum Gasteiger partial charge on any atom is -0.369 e. The van der Waals surface area contributed by atoms with Gasteiger partial charge in [-0.1, -0.05) is 41.7 Å².